The maximum atomic E-state index is 14.1. The van der Waals surface area contributed by atoms with E-state index in [9.17, 15) is 9.59 Å². The van der Waals surface area contributed by atoms with E-state index in [-0.39, 0.29) is 30.6 Å². The van der Waals surface area contributed by atoms with Crippen LogP contribution in [0.15, 0.2) is 54.6 Å². The highest BCUT2D eigenvalue weighted by atomic mass is 35.5. The molecule has 1 N–H and O–H groups in total. The first-order valence-electron chi connectivity index (χ1n) is 17.1. The Labute approximate surface area is 295 Å². The predicted molar refractivity (Wildman–Crippen MR) is 195 cm³/mol. The second kappa shape index (κ2) is 15.2. The fourth-order valence-corrected chi connectivity index (χ4v) is 6.99. The molecule has 0 saturated heterocycles. The molecule has 0 radical (unpaired) electrons. The fraction of sp³-hybridized carbons (Fsp3) is 0.487. The molecule has 1 saturated carbocycles. The average Bonchev–Trinajstić information content (AvgIpc) is 3.04. The van der Waals surface area contributed by atoms with Crippen molar-refractivity contribution in [3.63, 3.8) is 0 Å². The van der Waals surface area contributed by atoms with Crippen LogP contribution in [0.2, 0.25) is 5.02 Å². The topological polar surface area (TPSA) is 89.6 Å². The molecule has 1 atom stereocenters. The molecule has 3 aromatic rings. The molecule has 1 aliphatic heterocycles. The summed E-state index contributed by atoms with van der Waals surface area (Å²) in [5.74, 6) is 2.27. The standard InChI is InChI=1S/C39H50ClN3O6/c1-24(2)48-35-22-31-27(19-34(35)47-8)20-36(44)43(37(31)26-11-13-28(40)14-12-26)32-18-17-30(21-33(32)46-7)42(6)23-25-9-15-29(16-10-25)41-38(45)49-39(3,4)5/h11-14,17-19,21-22,24-25,29,37H,9-10,15-16,20,23H2,1-8H3,(H,41,45)/t25?,29?,37-/m0/s1. The van der Waals surface area contributed by atoms with E-state index in [1.54, 1.807) is 14.2 Å². The van der Waals surface area contributed by atoms with Gasteiger partial charge >= 0.3 is 6.09 Å². The predicted octanol–water partition coefficient (Wildman–Crippen LogP) is 8.34. The lowest BCUT2D eigenvalue weighted by atomic mass is 9.85. The summed E-state index contributed by atoms with van der Waals surface area (Å²) in [7, 11) is 5.34. The van der Waals surface area contributed by atoms with Gasteiger partial charge in [0.25, 0.3) is 0 Å². The Morgan fingerprint density at radius 2 is 1.63 bits per heavy atom. The minimum absolute atomic E-state index is 0.0526. The number of halogens is 1. The number of nitrogens with zero attached hydrogens (tertiary/aromatic N) is 2. The molecule has 49 heavy (non-hydrogen) atoms. The van der Waals surface area contributed by atoms with Crippen LogP contribution in [0.25, 0.3) is 0 Å². The van der Waals surface area contributed by atoms with Gasteiger partial charge in [-0.15, -0.1) is 0 Å². The molecule has 5 rings (SSSR count). The third-order valence-electron chi connectivity index (χ3n) is 9.10. The Morgan fingerprint density at radius 3 is 2.24 bits per heavy atom. The van der Waals surface area contributed by atoms with Crippen LogP contribution in [0.5, 0.6) is 17.2 Å². The zero-order valence-corrected chi connectivity index (χ0v) is 30.7. The molecule has 10 heteroatoms. The SMILES string of the molecule is COc1cc2c(cc1OC(C)C)[C@H](c1ccc(Cl)cc1)N(c1ccc(N(C)CC3CCC(NC(=O)OC(C)(C)C)CC3)cc1OC)C(=O)C2. The molecule has 0 spiro atoms. The first kappa shape index (κ1) is 36.2. The molecule has 264 valence electrons. The number of fused-ring (bicyclic) bond motifs is 1. The summed E-state index contributed by atoms with van der Waals surface area (Å²) < 4.78 is 23.2. The van der Waals surface area contributed by atoms with Crippen molar-refractivity contribution in [1.29, 1.82) is 0 Å². The third kappa shape index (κ3) is 8.74. The van der Waals surface area contributed by atoms with Gasteiger partial charge in [0, 0.05) is 36.4 Å². The maximum Gasteiger partial charge on any atom is 0.407 e. The number of hydrogen-bond acceptors (Lipinski definition) is 7. The zero-order valence-electron chi connectivity index (χ0n) is 30.0. The highest BCUT2D eigenvalue weighted by molar-refractivity contribution is 6.30. The number of benzene rings is 3. The lowest BCUT2D eigenvalue weighted by Gasteiger charge is -2.39. The zero-order chi connectivity index (χ0) is 35.5. The Bertz CT molecular complexity index is 1630. The van der Waals surface area contributed by atoms with Crippen molar-refractivity contribution in [2.45, 2.75) is 90.5 Å². The number of alkyl carbamates (subject to hydrolysis) is 1. The first-order chi connectivity index (χ1) is 23.3. The number of hydrogen-bond donors (Lipinski definition) is 1. The average molecular weight is 692 g/mol. The van der Waals surface area contributed by atoms with Gasteiger partial charge in [-0.05, 0) is 119 Å². The molecule has 0 bridgehead atoms. The smallest absolute Gasteiger partial charge is 0.407 e. The molecular weight excluding hydrogens is 642 g/mol. The monoisotopic (exact) mass is 691 g/mol. The van der Waals surface area contributed by atoms with Crippen LogP contribution in [0.3, 0.4) is 0 Å². The largest absolute Gasteiger partial charge is 0.494 e. The van der Waals surface area contributed by atoms with Crippen molar-refractivity contribution in [3.8, 4) is 17.2 Å². The summed E-state index contributed by atoms with van der Waals surface area (Å²) in [6.45, 7) is 10.4. The number of nitrogens with one attached hydrogen (secondary N) is 1. The van der Waals surface area contributed by atoms with Crippen molar-refractivity contribution in [3.05, 3.63) is 76.3 Å². The van der Waals surface area contributed by atoms with E-state index in [4.69, 9.17) is 30.5 Å². The van der Waals surface area contributed by atoms with Crippen molar-refractivity contribution in [1.82, 2.24) is 5.32 Å². The maximum absolute atomic E-state index is 14.1. The minimum atomic E-state index is -0.511. The van der Waals surface area contributed by atoms with Crippen LogP contribution in [0.4, 0.5) is 16.2 Å². The van der Waals surface area contributed by atoms with Gasteiger partial charge in [-0.25, -0.2) is 4.79 Å². The van der Waals surface area contributed by atoms with Crippen molar-refractivity contribution in [2.24, 2.45) is 5.92 Å². The van der Waals surface area contributed by atoms with Crippen LogP contribution >= 0.6 is 11.6 Å². The van der Waals surface area contributed by atoms with Gasteiger partial charge in [0.2, 0.25) is 5.91 Å². The number of anilines is 2. The second-order valence-electron chi connectivity index (χ2n) is 14.4. The molecule has 0 unspecified atom stereocenters. The van der Waals surface area contributed by atoms with Crippen LogP contribution in [0, 0.1) is 5.92 Å². The molecule has 9 nitrogen and oxygen atoms in total. The van der Waals surface area contributed by atoms with Gasteiger partial charge < -0.3 is 29.2 Å². The quantitative estimate of drug-likeness (QED) is 0.229. The summed E-state index contributed by atoms with van der Waals surface area (Å²) in [5, 5.41) is 3.65. The van der Waals surface area contributed by atoms with E-state index in [0.29, 0.717) is 33.9 Å². The molecule has 3 aromatic carbocycles. The van der Waals surface area contributed by atoms with Gasteiger partial charge in [0.05, 0.1) is 38.5 Å². The molecule has 1 fully saturated rings. The normalized spacial score (nSPS) is 19.3. The number of methoxy groups -OCH3 is 2. The molecule has 1 heterocycles. The molecular formula is C39H50ClN3O6. The highest BCUT2D eigenvalue weighted by Gasteiger charge is 2.37. The summed E-state index contributed by atoms with van der Waals surface area (Å²) in [5.41, 5.74) is 3.94. The number of carbonyl (C=O) groups is 2. The molecule has 2 aliphatic rings. The molecule has 1 aliphatic carbocycles. The number of rotatable bonds is 10. The van der Waals surface area contributed by atoms with Crippen molar-refractivity contribution in [2.75, 3.05) is 37.6 Å². The first-order valence-corrected chi connectivity index (χ1v) is 17.5. The Kier molecular flexibility index (Phi) is 11.2. The minimum Gasteiger partial charge on any atom is -0.494 e. The second-order valence-corrected chi connectivity index (χ2v) is 14.8. The van der Waals surface area contributed by atoms with Gasteiger partial charge in [-0.2, -0.15) is 0 Å². The van der Waals surface area contributed by atoms with Crippen LogP contribution in [-0.4, -0.2) is 57.6 Å². The summed E-state index contributed by atoms with van der Waals surface area (Å²) in [6, 6.07) is 17.3. The number of amides is 2. The summed E-state index contributed by atoms with van der Waals surface area (Å²) in [4.78, 5) is 30.4. The van der Waals surface area contributed by atoms with Gasteiger partial charge in [-0.3, -0.25) is 9.69 Å². The lowest BCUT2D eigenvalue weighted by molar-refractivity contribution is -0.118. The van der Waals surface area contributed by atoms with Crippen LogP contribution in [-0.2, 0) is 16.0 Å². The van der Waals surface area contributed by atoms with Crippen molar-refractivity contribution >= 4 is 35.0 Å². The Balaban J connectivity index is 1.39. The third-order valence-corrected chi connectivity index (χ3v) is 9.35. The molecule has 2 amide bonds. The van der Waals surface area contributed by atoms with E-state index < -0.39 is 11.6 Å². The van der Waals surface area contributed by atoms with E-state index in [1.807, 2.05) is 88.0 Å². The van der Waals surface area contributed by atoms with Gasteiger partial charge in [-0.1, -0.05) is 23.7 Å². The van der Waals surface area contributed by atoms with E-state index in [0.717, 1.165) is 54.6 Å². The van der Waals surface area contributed by atoms with Gasteiger partial charge in [0.15, 0.2) is 11.5 Å². The Hall–Kier alpha value is -4.11. The van der Waals surface area contributed by atoms with E-state index in [1.165, 1.54) is 0 Å². The number of carbonyl (C=O) groups excluding carboxylic acids is 2. The van der Waals surface area contributed by atoms with E-state index in [2.05, 4.69) is 23.3 Å². The highest BCUT2D eigenvalue weighted by Crippen LogP contribution is 2.46. The lowest BCUT2D eigenvalue weighted by Crippen LogP contribution is -2.42. The fourth-order valence-electron chi connectivity index (χ4n) is 6.87. The van der Waals surface area contributed by atoms with Crippen molar-refractivity contribution < 1.29 is 28.5 Å². The Morgan fingerprint density at radius 1 is 0.959 bits per heavy atom. The molecule has 0 aromatic heterocycles. The summed E-state index contributed by atoms with van der Waals surface area (Å²) >= 11 is 6.30. The van der Waals surface area contributed by atoms with Crippen LogP contribution in [0.1, 0.15) is 83.0 Å². The van der Waals surface area contributed by atoms with Gasteiger partial charge in [0.1, 0.15) is 11.4 Å². The summed E-state index contributed by atoms with van der Waals surface area (Å²) in [6.07, 6.45) is 3.65. The van der Waals surface area contributed by atoms with Crippen LogP contribution < -0.4 is 29.3 Å². The number of ether oxygens (including phenoxy) is 4. The van der Waals surface area contributed by atoms with E-state index >= 15 is 0 Å².